The Labute approximate surface area is 134 Å². The van der Waals surface area contributed by atoms with E-state index in [-0.39, 0.29) is 6.54 Å². The van der Waals surface area contributed by atoms with Gasteiger partial charge in [0.25, 0.3) is 0 Å². The van der Waals surface area contributed by atoms with Gasteiger partial charge >= 0.3 is 7.12 Å². The van der Waals surface area contributed by atoms with Gasteiger partial charge in [0, 0.05) is 23.9 Å². The fourth-order valence-corrected chi connectivity index (χ4v) is 2.46. The summed E-state index contributed by atoms with van der Waals surface area (Å²) in [5.41, 5.74) is 0.434. The lowest BCUT2D eigenvalue weighted by molar-refractivity contribution is 0.00578. The summed E-state index contributed by atoms with van der Waals surface area (Å²) in [5, 5.41) is 4.22. The zero-order chi connectivity index (χ0) is 16.8. The largest absolute Gasteiger partial charge is 0.498 e. The normalized spacial score (nSPS) is 19.3. The minimum atomic E-state index is -0.599. The van der Waals surface area contributed by atoms with Crippen LogP contribution < -0.4 is 5.46 Å². The fraction of sp³-hybridized carbons (Fsp3) is 0.438. The maximum atomic E-state index is 13.2. The van der Waals surface area contributed by atoms with E-state index in [4.69, 9.17) is 9.31 Å². The quantitative estimate of drug-likeness (QED) is 0.816. The second-order valence-corrected chi connectivity index (χ2v) is 6.84. The van der Waals surface area contributed by atoms with Gasteiger partial charge in [0.1, 0.15) is 11.6 Å². The molecule has 2 aromatic rings. The van der Waals surface area contributed by atoms with Crippen LogP contribution in [0.25, 0.3) is 0 Å². The second-order valence-electron chi connectivity index (χ2n) is 6.84. The van der Waals surface area contributed by atoms with E-state index in [1.165, 1.54) is 12.1 Å². The van der Waals surface area contributed by atoms with Crippen molar-refractivity contribution in [2.75, 3.05) is 0 Å². The molecule has 2 heterocycles. The molecule has 0 bridgehead atoms. The third-order valence-corrected chi connectivity index (χ3v) is 4.45. The predicted molar refractivity (Wildman–Crippen MR) is 83.4 cm³/mol. The van der Waals surface area contributed by atoms with Crippen LogP contribution >= 0.6 is 0 Å². The van der Waals surface area contributed by atoms with Crippen LogP contribution in [0.3, 0.4) is 0 Å². The summed E-state index contributed by atoms with van der Waals surface area (Å²) in [4.78, 5) is 0. The topological polar surface area (TPSA) is 36.3 Å². The SMILES string of the molecule is CC1(C)OB(c2cnn(Cc3cc(F)cc(F)c3)c2)OC1(C)C. The van der Waals surface area contributed by atoms with Crippen molar-refractivity contribution in [3.63, 3.8) is 0 Å². The predicted octanol–water partition coefficient (Wildman–Crippen LogP) is 2.51. The van der Waals surface area contributed by atoms with Gasteiger partial charge in [-0.2, -0.15) is 5.10 Å². The molecule has 1 aromatic carbocycles. The molecule has 0 atom stereocenters. The molecule has 122 valence electrons. The Bertz CT molecular complexity index is 694. The molecule has 0 saturated carbocycles. The molecule has 0 unspecified atom stereocenters. The number of aromatic nitrogens is 2. The monoisotopic (exact) mass is 320 g/mol. The van der Waals surface area contributed by atoms with Gasteiger partial charge in [0.2, 0.25) is 0 Å². The van der Waals surface area contributed by atoms with Gasteiger partial charge in [0.05, 0.1) is 17.7 Å². The zero-order valence-corrected chi connectivity index (χ0v) is 13.6. The van der Waals surface area contributed by atoms with Crippen molar-refractivity contribution >= 4 is 12.6 Å². The van der Waals surface area contributed by atoms with Crippen LogP contribution in [-0.2, 0) is 15.9 Å². The first-order valence-corrected chi connectivity index (χ1v) is 7.49. The summed E-state index contributed by atoms with van der Waals surface area (Å²) in [6.07, 6.45) is 3.42. The summed E-state index contributed by atoms with van der Waals surface area (Å²) in [6.45, 7) is 8.19. The molecule has 0 aliphatic carbocycles. The standard InChI is InChI=1S/C16H19BF2N2O2/c1-15(2)16(3,4)23-17(22-15)12-8-20-21(10-12)9-11-5-13(18)7-14(19)6-11/h5-8,10H,9H2,1-4H3. The minimum absolute atomic E-state index is 0.272. The van der Waals surface area contributed by atoms with Crippen LogP contribution in [0.1, 0.15) is 33.3 Å². The van der Waals surface area contributed by atoms with Gasteiger partial charge in [0.15, 0.2) is 0 Å². The van der Waals surface area contributed by atoms with Crippen LogP contribution in [0.15, 0.2) is 30.6 Å². The number of hydrogen-bond donors (Lipinski definition) is 0. The maximum Gasteiger partial charge on any atom is 0.498 e. The smallest absolute Gasteiger partial charge is 0.399 e. The van der Waals surface area contributed by atoms with E-state index in [2.05, 4.69) is 5.10 Å². The second kappa shape index (κ2) is 5.42. The molecule has 0 amide bonds. The molecule has 1 aromatic heterocycles. The van der Waals surface area contributed by atoms with Crippen LogP contribution in [0, 0.1) is 11.6 Å². The number of hydrogen-bond acceptors (Lipinski definition) is 3. The molecule has 0 N–H and O–H groups in total. The van der Waals surface area contributed by atoms with E-state index in [9.17, 15) is 8.78 Å². The molecular weight excluding hydrogens is 301 g/mol. The van der Waals surface area contributed by atoms with Crippen LogP contribution in [0.5, 0.6) is 0 Å². The van der Waals surface area contributed by atoms with Gasteiger partial charge in [-0.15, -0.1) is 0 Å². The maximum absolute atomic E-state index is 13.2. The van der Waals surface area contributed by atoms with Crippen molar-refractivity contribution in [1.82, 2.24) is 9.78 Å². The van der Waals surface area contributed by atoms with Crippen molar-refractivity contribution < 1.29 is 18.1 Å². The first kappa shape index (κ1) is 16.1. The number of rotatable bonds is 3. The number of nitrogens with zero attached hydrogens (tertiary/aromatic N) is 2. The highest BCUT2D eigenvalue weighted by molar-refractivity contribution is 6.61. The molecule has 1 aliphatic rings. The van der Waals surface area contributed by atoms with Crippen molar-refractivity contribution in [1.29, 1.82) is 0 Å². The van der Waals surface area contributed by atoms with Gasteiger partial charge in [-0.05, 0) is 45.4 Å². The lowest BCUT2D eigenvalue weighted by Gasteiger charge is -2.32. The third-order valence-electron chi connectivity index (χ3n) is 4.45. The van der Waals surface area contributed by atoms with E-state index in [0.717, 1.165) is 11.5 Å². The summed E-state index contributed by atoms with van der Waals surface area (Å²) in [7, 11) is -0.502. The lowest BCUT2D eigenvalue weighted by atomic mass is 9.82. The summed E-state index contributed by atoms with van der Waals surface area (Å²) in [5.74, 6) is -1.20. The van der Waals surface area contributed by atoms with Gasteiger partial charge < -0.3 is 9.31 Å². The third kappa shape index (κ3) is 3.16. The molecule has 1 saturated heterocycles. The highest BCUT2D eigenvalue weighted by Crippen LogP contribution is 2.36. The molecule has 1 fully saturated rings. The van der Waals surface area contributed by atoms with Gasteiger partial charge in [-0.1, -0.05) is 0 Å². The molecule has 0 spiro atoms. The first-order chi connectivity index (χ1) is 10.7. The highest BCUT2D eigenvalue weighted by atomic mass is 19.1. The van der Waals surface area contributed by atoms with Crippen molar-refractivity contribution in [2.45, 2.75) is 45.4 Å². The summed E-state index contributed by atoms with van der Waals surface area (Å²) < 4.78 is 40.0. The van der Waals surface area contributed by atoms with Crippen molar-refractivity contribution in [2.24, 2.45) is 0 Å². The Morgan fingerprint density at radius 2 is 1.61 bits per heavy atom. The van der Waals surface area contributed by atoms with Gasteiger partial charge in [-0.3, -0.25) is 4.68 Å². The van der Waals surface area contributed by atoms with E-state index in [1.807, 2.05) is 27.7 Å². The zero-order valence-electron chi connectivity index (χ0n) is 13.6. The van der Waals surface area contributed by atoms with Crippen LogP contribution in [0.2, 0.25) is 0 Å². The molecule has 0 radical (unpaired) electrons. The molecular formula is C16H19BF2N2O2. The Kier molecular flexibility index (Phi) is 3.81. The Hall–Kier alpha value is -1.73. The Morgan fingerprint density at radius 3 is 2.17 bits per heavy atom. The Balaban J connectivity index is 1.76. The summed E-state index contributed by atoms with van der Waals surface area (Å²) >= 11 is 0. The molecule has 7 heteroatoms. The fourth-order valence-electron chi connectivity index (χ4n) is 2.46. The van der Waals surface area contributed by atoms with Crippen molar-refractivity contribution in [3.05, 3.63) is 47.8 Å². The number of benzene rings is 1. The average Bonchev–Trinajstić information content (AvgIpc) is 2.91. The molecule has 3 rings (SSSR count). The minimum Gasteiger partial charge on any atom is -0.399 e. The Morgan fingerprint density at radius 1 is 1.04 bits per heavy atom. The van der Waals surface area contributed by atoms with Crippen molar-refractivity contribution in [3.8, 4) is 0 Å². The average molecular weight is 320 g/mol. The number of halogens is 2. The summed E-state index contributed by atoms with van der Waals surface area (Å²) in [6, 6.07) is 3.43. The van der Waals surface area contributed by atoms with E-state index in [0.29, 0.717) is 5.56 Å². The van der Waals surface area contributed by atoms with Crippen LogP contribution in [-0.4, -0.2) is 28.1 Å². The molecule has 1 aliphatic heterocycles. The van der Waals surface area contributed by atoms with E-state index >= 15 is 0 Å². The highest BCUT2D eigenvalue weighted by Gasteiger charge is 2.52. The molecule has 4 nitrogen and oxygen atoms in total. The van der Waals surface area contributed by atoms with Gasteiger partial charge in [-0.25, -0.2) is 8.78 Å². The van der Waals surface area contributed by atoms with E-state index < -0.39 is 30.0 Å². The van der Waals surface area contributed by atoms with E-state index in [1.54, 1.807) is 17.1 Å². The molecule has 23 heavy (non-hydrogen) atoms. The van der Waals surface area contributed by atoms with Crippen LogP contribution in [0.4, 0.5) is 8.78 Å². The lowest BCUT2D eigenvalue weighted by Crippen LogP contribution is -2.41. The first-order valence-electron chi connectivity index (χ1n) is 7.49.